The van der Waals surface area contributed by atoms with Gasteiger partial charge in [0.15, 0.2) is 0 Å². The molecule has 0 radical (unpaired) electrons. The molecule has 0 heterocycles. The van der Waals surface area contributed by atoms with Gasteiger partial charge in [0, 0.05) is 0 Å². The first kappa shape index (κ1) is 20.1. The van der Waals surface area contributed by atoms with Crippen LogP contribution in [-0.4, -0.2) is 8.07 Å². The molecule has 0 N–H and O–H groups in total. The van der Waals surface area contributed by atoms with Crippen molar-refractivity contribution < 1.29 is 0 Å². The van der Waals surface area contributed by atoms with Crippen LogP contribution in [0.2, 0.25) is 24.2 Å². The molecule has 5 saturated carbocycles. The number of hydrogen-bond donors (Lipinski definition) is 0. The van der Waals surface area contributed by atoms with Gasteiger partial charge in [-0.1, -0.05) is 71.9 Å². The van der Waals surface area contributed by atoms with Gasteiger partial charge in [0.05, 0.1) is 8.07 Å². The largest absolute Gasteiger partial charge is 0.0689 e. The molecule has 0 aromatic rings. The molecule has 9 atom stereocenters. The fourth-order valence-electron chi connectivity index (χ4n) is 10.3. The zero-order valence-electron chi connectivity index (χ0n) is 19.5. The Morgan fingerprint density at radius 3 is 1.93 bits per heavy atom. The monoisotopic (exact) mass is 400 g/mol. The van der Waals surface area contributed by atoms with E-state index in [1.165, 1.54) is 12.0 Å². The highest BCUT2D eigenvalue weighted by atomic mass is 28.3. The summed E-state index contributed by atoms with van der Waals surface area (Å²) in [5.41, 5.74) is 2.34. The number of hydrogen-bond acceptors (Lipinski definition) is 0. The highest BCUT2D eigenvalue weighted by Crippen LogP contribution is 2.65. The van der Waals surface area contributed by atoms with E-state index in [9.17, 15) is 0 Å². The van der Waals surface area contributed by atoms with Crippen molar-refractivity contribution in [2.75, 3.05) is 0 Å². The van der Waals surface area contributed by atoms with Crippen LogP contribution < -0.4 is 0 Å². The Morgan fingerprint density at radius 1 is 0.571 bits per heavy atom. The molecule has 0 spiro atoms. The summed E-state index contributed by atoms with van der Waals surface area (Å²) in [4.78, 5) is 0. The van der Waals surface area contributed by atoms with Gasteiger partial charge in [-0.3, -0.25) is 0 Å². The van der Waals surface area contributed by atoms with E-state index >= 15 is 0 Å². The van der Waals surface area contributed by atoms with Crippen molar-refractivity contribution in [1.82, 2.24) is 0 Å². The summed E-state index contributed by atoms with van der Waals surface area (Å²) in [6.07, 6.45) is 20.7. The molecule has 0 amide bonds. The Balaban J connectivity index is 1.36. The van der Waals surface area contributed by atoms with E-state index in [1.54, 1.807) is 77.0 Å². The maximum atomic E-state index is 2.89. The van der Waals surface area contributed by atoms with Crippen molar-refractivity contribution >= 4 is 8.07 Å². The van der Waals surface area contributed by atoms with E-state index in [4.69, 9.17) is 0 Å². The summed E-state index contributed by atoms with van der Waals surface area (Å²) in [5, 5.41) is 0. The number of rotatable bonds is 3. The highest BCUT2D eigenvalue weighted by Gasteiger charge is 2.57. The zero-order chi connectivity index (χ0) is 19.5. The molecule has 5 fully saturated rings. The van der Waals surface area contributed by atoms with Crippen molar-refractivity contribution in [3.05, 3.63) is 0 Å². The van der Waals surface area contributed by atoms with Crippen molar-refractivity contribution in [3.8, 4) is 0 Å². The van der Waals surface area contributed by atoms with Gasteiger partial charge in [-0.05, 0) is 97.0 Å². The summed E-state index contributed by atoms with van der Waals surface area (Å²) in [6, 6.07) is 0. The molecule has 160 valence electrons. The molecule has 0 aromatic carbocycles. The fourth-order valence-corrected chi connectivity index (χ4v) is 15.7. The second kappa shape index (κ2) is 7.72. The lowest BCUT2D eigenvalue weighted by Gasteiger charge is -2.48. The topological polar surface area (TPSA) is 0 Å². The maximum absolute atomic E-state index is 2.89. The van der Waals surface area contributed by atoms with Gasteiger partial charge in [-0.2, -0.15) is 0 Å². The average molecular weight is 401 g/mol. The molecule has 5 rings (SSSR count). The first-order valence-electron chi connectivity index (χ1n) is 13.5. The van der Waals surface area contributed by atoms with Crippen LogP contribution in [-0.2, 0) is 0 Å². The van der Waals surface area contributed by atoms with Crippen molar-refractivity contribution in [2.45, 2.75) is 121 Å². The van der Waals surface area contributed by atoms with Crippen LogP contribution in [0.1, 0.15) is 97.3 Å². The van der Waals surface area contributed by atoms with E-state index in [1.807, 2.05) is 0 Å². The molecule has 0 saturated heterocycles. The Kier molecular flexibility index (Phi) is 5.55. The van der Waals surface area contributed by atoms with Gasteiger partial charge in [0.25, 0.3) is 0 Å². The summed E-state index contributed by atoms with van der Waals surface area (Å²) in [6.45, 7) is 10.9. The van der Waals surface area contributed by atoms with Crippen molar-refractivity contribution in [3.63, 3.8) is 0 Å². The third-order valence-corrected chi connectivity index (χ3v) is 16.7. The van der Waals surface area contributed by atoms with Crippen LogP contribution >= 0.6 is 0 Å². The predicted molar refractivity (Wildman–Crippen MR) is 124 cm³/mol. The quantitative estimate of drug-likeness (QED) is 0.416. The van der Waals surface area contributed by atoms with E-state index in [0.717, 1.165) is 52.9 Å². The second-order valence-electron chi connectivity index (χ2n) is 13.0. The molecule has 0 aromatic heterocycles. The van der Waals surface area contributed by atoms with E-state index in [-0.39, 0.29) is 0 Å². The standard InChI is InChI=1S/C27H48Si/c1-18(2)25-17-27(23-12-8-7-11-21(23)25)28(3,4)26-16-15-22-20-10-6-5-9-19(20)13-14-24(22)26/h18-27H,5-17H2,1-4H3. The maximum Gasteiger partial charge on any atom is 0.0541 e. The normalized spacial score (nSPS) is 49.0. The first-order chi connectivity index (χ1) is 13.5. The lowest BCUT2D eigenvalue weighted by molar-refractivity contribution is 0.0721. The minimum Gasteiger partial charge on any atom is -0.0689 e. The molecular formula is C27H48Si. The van der Waals surface area contributed by atoms with Crippen LogP contribution in [0.15, 0.2) is 0 Å². The van der Waals surface area contributed by atoms with E-state index < -0.39 is 8.07 Å². The molecule has 0 bridgehead atoms. The smallest absolute Gasteiger partial charge is 0.0541 e. The molecule has 28 heavy (non-hydrogen) atoms. The zero-order valence-corrected chi connectivity index (χ0v) is 20.5. The van der Waals surface area contributed by atoms with Crippen molar-refractivity contribution in [2.24, 2.45) is 47.3 Å². The molecule has 5 aliphatic rings. The Labute approximate surface area is 177 Å². The van der Waals surface area contributed by atoms with Gasteiger partial charge in [-0.15, -0.1) is 0 Å². The molecule has 0 aliphatic heterocycles. The second-order valence-corrected chi connectivity index (χ2v) is 18.1. The molecule has 9 unspecified atom stereocenters. The molecular weight excluding hydrogens is 352 g/mol. The fraction of sp³-hybridized carbons (Fsp3) is 1.00. The average Bonchev–Trinajstić information content (AvgIpc) is 3.31. The minimum absolute atomic E-state index is 0.925. The molecule has 1 heteroatoms. The summed E-state index contributed by atoms with van der Waals surface area (Å²) in [5.74, 6) is 8.82. The SMILES string of the molecule is CC(C)C1CC([Si](C)(C)C2CCC3C4CCCCC4CCC32)C2CCCCC12. The van der Waals surface area contributed by atoms with E-state index in [2.05, 4.69) is 26.9 Å². The highest BCUT2D eigenvalue weighted by molar-refractivity contribution is 6.80. The lowest BCUT2D eigenvalue weighted by Crippen LogP contribution is -2.45. The minimum atomic E-state index is -1.20. The molecule has 0 nitrogen and oxygen atoms in total. The van der Waals surface area contributed by atoms with Gasteiger partial charge in [0.1, 0.15) is 0 Å². The predicted octanol–water partition coefficient (Wildman–Crippen LogP) is 8.54. The Hall–Kier alpha value is 0.217. The molecule has 5 aliphatic carbocycles. The van der Waals surface area contributed by atoms with Gasteiger partial charge < -0.3 is 0 Å². The summed E-state index contributed by atoms with van der Waals surface area (Å²) in [7, 11) is -1.20. The lowest BCUT2D eigenvalue weighted by atomic mass is 9.62. The third kappa shape index (κ3) is 3.20. The van der Waals surface area contributed by atoms with Crippen LogP contribution in [0, 0.1) is 47.3 Å². The van der Waals surface area contributed by atoms with Gasteiger partial charge >= 0.3 is 0 Å². The van der Waals surface area contributed by atoms with Gasteiger partial charge in [-0.25, -0.2) is 0 Å². The first-order valence-corrected chi connectivity index (χ1v) is 16.6. The summed E-state index contributed by atoms with van der Waals surface area (Å²) >= 11 is 0. The Bertz CT molecular complexity index is 550. The number of fused-ring (bicyclic) bond motifs is 4. The van der Waals surface area contributed by atoms with Crippen LogP contribution in [0.3, 0.4) is 0 Å². The van der Waals surface area contributed by atoms with Crippen LogP contribution in [0.5, 0.6) is 0 Å². The van der Waals surface area contributed by atoms with Crippen LogP contribution in [0.4, 0.5) is 0 Å². The Morgan fingerprint density at radius 2 is 1.18 bits per heavy atom. The van der Waals surface area contributed by atoms with Crippen molar-refractivity contribution in [1.29, 1.82) is 0 Å². The van der Waals surface area contributed by atoms with E-state index in [0.29, 0.717) is 0 Å². The van der Waals surface area contributed by atoms with Crippen LogP contribution in [0.25, 0.3) is 0 Å². The van der Waals surface area contributed by atoms with Gasteiger partial charge in [0.2, 0.25) is 0 Å². The third-order valence-electron chi connectivity index (χ3n) is 11.5. The summed E-state index contributed by atoms with van der Waals surface area (Å²) < 4.78 is 0.